The predicted molar refractivity (Wildman–Crippen MR) is 103 cm³/mol. The van der Waals surface area contributed by atoms with Crippen LogP contribution in [0.4, 0.5) is 5.69 Å². The zero-order valence-corrected chi connectivity index (χ0v) is 14.8. The fourth-order valence-electron chi connectivity index (χ4n) is 2.44. The molecule has 0 aliphatic rings. The first-order valence-electron chi connectivity index (χ1n) is 8.39. The smallest absolute Gasteiger partial charge is 0.270 e. The number of pyridine rings is 1. The third-order valence-electron chi connectivity index (χ3n) is 3.90. The SMILES string of the molecule is COc1ccc(CNC(=O)c2cc(C(=O)Nc3ccccc3)ccn2)cc1. The molecule has 2 N–H and O–H groups in total. The first-order chi connectivity index (χ1) is 13.2. The van der Waals surface area contributed by atoms with Crippen molar-refractivity contribution in [3.63, 3.8) is 0 Å². The van der Waals surface area contributed by atoms with Gasteiger partial charge in [-0.2, -0.15) is 0 Å². The van der Waals surface area contributed by atoms with E-state index in [9.17, 15) is 9.59 Å². The number of nitrogens with one attached hydrogen (secondary N) is 2. The summed E-state index contributed by atoms with van der Waals surface area (Å²) in [5.74, 6) is 0.108. The van der Waals surface area contributed by atoms with Crippen molar-refractivity contribution in [1.82, 2.24) is 10.3 Å². The van der Waals surface area contributed by atoms with Crippen molar-refractivity contribution < 1.29 is 14.3 Å². The van der Waals surface area contributed by atoms with Crippen LogP contribution in [0, 0.1) is 0 Å². The molecule has 3 aromatic rings. The van der Waals surface area contributed by atoms with Crippen molar-refractivity contribution in [3.8, 4) is 5.75 Å². The molecule has 0 unspecified atom stereocenters. The van der Waals surface area contributed by atoms with E-state index in [1.807, 2.05) is 42.5 Å². The van der Waals surface area contributed by atoms with Gasteiger partial charge in [-0.1, -0.05) is 30.3 Å². The first kappa shape index (κ1) is 18.1. The van der Waals surface area contributed by atoms with Gasteiger partial charge in [0.2, 0.25) is 0 Å². The third-order valence-corrected chi connectivity index (χ3v) is 3.90. The third kappa shape index (κ3) is 4.92. The second-order valence-corrected chi connectivity index (χ2v) is 5.78. The number of carbonyl (C=O) groups excluding carboxylic acids is 2. The van der Waals surface area contributed by atoms with E-state index in [-0.39, 0.29) is 17.5 Å². The zero-order valence-electron chi connectivity index (χ0n) is 14.8. The highest BCUT2D eigenvalue weighted by Gasteiger charge is 2.12. The van der Waals surface area contributed by atoms with E-state index in [2.05, 4.69) is 15.6 Å². The molecule has 27 heavy (non-hydrogen) atoms. The van der Waals surface area contributed by atoms with E-state index in [1.54, 1.807) is 25.3 Å². The molecule has 0 saturated carbocycles. The van der Waals surface area contributed by atoms with E-state index < -0.39 is 0 Å². The highest BCUT2D eigenvalue weighted by atomic mass is 16.5. The summed E-state index contributed by atoms with van der Waals surface area (Å²) in [5, 5.41) is 5.58. The Hall–Kier alpha value is -3.67. The maximum atomic E-state index is 12.3. The van der Waals surface area contributed by atoms with Crippen LogP contribution in [-0.4, -0.2) is 23.9 Å². The molecule has 136 valence electrons. The Balaban J connectivity index is 1.63. The van der Waals surface area contributed by atoms with Crippen molar-refractivity contribution in [2.24, 2.45) is 0 Å². The van der Waals surface area contributed by atoms with Crippen molar-refractivity contribution in [2.45, 2.75) is 6.54 Å². The summed E-state index contributed by atoms with van der Waals surface area (Å²) in [5.41, 5.74) is 2.17. The molecular weight excluding hydrogens is 342 g/mol. The van der Waals surface area contributed by atoms with E-state index in [4.69, 9.17) is 4.74 Å². The van der Waals surface area contributed by atoms with Gasteiger partial charge in [0, 0.05) is 24.0 Å². The van der Waals surface area contributed by atoms with Gasteiger partial charge in [-0.05, 0) is 42.0 Å². The molecule has 6 nitrogen and oxygen atoms in total. The molecule has 0 bridgehead atoms. The van der Waals surface area contributed by atoms with Crippen LogP contribution in [0.1, 0.15) is 26.4 Å². The largest absolute Gasteiger partial charge is 0.497 e. The Morgan fingerprint density at radius 3 is 2.41 bits per heavy atom. The van der Waals surface area contributed by atoms with Crippen LogP contribution in [0.3, 0.4) is 0 Å². The van der Waals surface area contributed by atoms with Crippen molar-refractivity contribution in [1.29, 1.82) is 0 Å². The predicted octanol–water partition coefficient (Wildman–Crippen LogP) is 3.27. The summed E-state index contributed by atoms with van der Waals surface area (Å²) >= 11 is 0. The summed E-state index contributed by atoms with van der Waals surface area (Å²) in [4.78, 5) is 28.7. The van der Waals surface area contributed by atoms with Crippen LogP contribution in [0.2, 0.25) is 0 Å². The summed E-state index contributed by atoms with van der Waals surface area (Å²) in [6.07, 6.45) is 1.45. The number of hydrogen-bond acceptors (Lipinski definition) is 4. The highest BCUT2D eigenvalue weighted by molar-refractivity contribution is 6.05. The van der Waals surface area contributed by atoms with Gasteiger partial charge < -0.3 is 15.4 Å². The number of hydrogen-bond donors (Lipinski definition) is 2. The van der Waals surface area contributed by atoms with Crippen molar-refractivity contribution in [3.05, 3.63) is 89.7 Å². The summed E-state index contributed by atoms with van der Waals surface area (Å²) in [7, 11) is 1.60. The average Bonchev–Trinajstić information content (AvgIpc) is 2.73. The maximum absolute atomic E-state index is 12.3. The Labute approximate surface area is 157 Å². The standard InChI is InChI=1S/C21H19N3O3/c1-27-18-9-7-15(8-10-18)14-23-21(26)19-13-16(11-12-22-19)20(25)24-17-5-3-2-4-6-17/h2-13H,14H2,1H3,(H,23,26)(H,24,25). The van der Waals surface area contributed by atoms with Crippen LogP contribution in [0.5, 0.6) is 5.75 Å². The normalized spacial score (nSPS) is 10.1. The van der Waals surface area contributed by atoms with Crippen LogP contribution >= 0.6 is 0 Å². The molecule has 0 spiro atoms. The number of carbonyl (C=O) groups is 2. The van der Waals surface area contributed by atoms with Gasteiger partial charge in [0.15, 0.2) is 0 Å². The lowest BCUT2D eigenvalue weighted by atomic mass is 10.2. The molecule has 0 atom stereocenters. The number of aromatic nitrogens is 1. The molecule has 3 rings (SSSR count). The number of anilines is 1. The number of para-hydroxylation sites is 1. The average molecular weight is 361 g/mol. The molecule has 2 aromatic carbocycles. The van der Waals surface area contributed by atoms with Crippen molar-refractivity contribution in [2.75, 3.05) is 12.4 Å². The molecule has 1 aromatic heterocycles. The summed E-state index contributed by atoms with van der Waals surface area (Å²) in [6.45, 7) is 0.352. The summed E-state index contributed by atoms with van der Waals surface area (Å²) < 4.78 is 5.11. The van der Waals surface area contributed by atoms with Crippen LogP contribution in [0.15, 0.2) is 72.9 Å². The zero-order chi connectivity index (χ0) is 19.1. The fourth-order valence-corrected chi connectivity index (χ4v) is 2.44. The Morgan fingerprint density at radius 2 is 1.70 bits per heavy atom. The number of rotatable bonds is 6. The minimum Gasteiger partial charge on any atom is -0.497 e. The second kappa shape index (κ2) is 8.62. The van der Waals surface area contributed by atoms with Crippen LogP contribution in [-0.2, 0) is 6.54 Å². The van der Waals surface area contributed by atoms with Crippen molar-refractivity contribution >= 4 is 17.5 Å². The van der Waals surface area contributed by atoms with Gasteiger partial charge in [0.1, 0.15) is 11.4 Å². The molecule has 0 fully saturated rings. The molecule has 0 aliphatic heterocycles. The maximum Gasteiger partial charge on any atom is 0.270 e. The molecule has 1 heterocycles. The number of nitrogens with zero attached hydrogens (tertiary/aromatic N) is 1. The summed E-state index contributed by atoms with van der Waals surface area (Å²) in [6, 6.07) is 19.6. The van der Waals surface area contributed by atoms with Gasteiger partial charge in [-0.3, -0.25) is 14.6 Å². The van der Waals surface area contributed by atoms with Gasteiger partial charge in [-0.25, -0.2) is 0 Å². The van der Waals surface area contributed by atoms with Crippen LogP contribution < -0.4 is 15.4 Å². The molecule has 6 heteroatoms. The Morgan fingerprint density at radius 1 is 0.963 bits per heavy atom. The first-order valence-corrected chi connectivity index (χ1v) is 8.39. The Bertz CT molecular complexity index is 925. The van der Waals surface area contributed by atoms with Crippen LogP contribution in [0.25, 0.3) is 0 Å². The lowest BCUT2D eigenvalue weighted by Crippen LogP contribution is -2.24. The van der Waals surface area contributed by atoms with Gasteiger partial charge in [0.05, 0.1) is 7.11 Å². The van der Waals surface area contributed by atoms with Gasteiger partial charge in [-0.15, -0.1) is 0 Å². The minimum absolute atomic E-state index is 0.184. The van der Waals surface area contributed by atoms with E-state index >= 15 is 0 Å². The second-order valence-electron chi connectivity index (χ2n) is 5.78. The fraction of sp³-hybridized carbons (Fsp3) is 0.0952. The van der Waals surface area contributed by atoms with E-state index in [1.165, 1.54) is 12.3 Å². The highest BCUT2D eigenvalue weighted by Crippen LogP contribution is 2.12. The van der Waals surface area contributed by atoms with Gasteiger partial charge in [0.25, 0.3) is 11.8 Å². The Kier molecular flexibility index (Phi) is 5.79. The molecule has 0 radical (unpaired) electrons. The number of ether oxygens (including phenoxy) is 1. The topological polar surface area (TPSA) is 80.3 Å². The molecule has 0 aliphatic carbocycles. The molecular formula is C21H19N3O3. The number of amides is 2. The number of methoxy groups -OCH3 is 1. The van der Waals surface area contributed by atoms with E-state index in [0.717, 1.165) is 11.3 Å². The lowest BCUT2D eigenvalue weighted by Gasteiger charge is -2.08. The minimum atomic E-state index is -0.347. The van der Waals surface area contributed by atoms with Gasteiger partial charge >= 0.3 is 0 Å². The quantitative estimate of drug-likeness (QED) is 0.706. The monoisotopic (exact) mass is 361 g/mol. The molecule has 2 amide bonds. The number of benzene rings is 2. The lowest BCUT2D eigenvalue weighted by molar-refractivity contribution is 0.0946. The molecule has 0 saturated heterocycles. The van der Waals surface area contributed by atoms with E-state index in [0.29, 0.717) is 17.8 Å².